The molecule has 18 heavy (non-hydrogen) atoms. The first-order valence-electron chi connectivity index (χ1n) is 6.27. The maximum absolute atomic E-state index is 5.62. The molecule has 0 aromatic heterocycles. The van der Waals surface area contributed by atoms with Crippen LogP contribution in [0.5, 0.6) is 11.5 Å². The molecule has 1 aromatic carbocycles. The van der Waals surface area contributed by atoms with E-state index in [4.69, 9.17) is 15.3 Å². The summed E-state index contributed by atoms with van der Waals surface area (Å²) in [5.41, 5.74) is 5.10. The third-order valence-electron chi connectivity index (χ3n) is 3.16. The first-order valence-corrected chi connectivity index (χ1v) is 6.27. The molecule has 0 radical (unpaired) electrons. The average molecular weight is 248 g/mol. The molecule has 0 saturated carbocycles. The topological polar surface area (TPSA) is 56.5 Å². The van der Waals surface area contributed by atoms with Gasteiger partial charge in [0.1, 0.15) is 13.2 Å². The van der Waals surface area contributed by atoms with Gasteiger partial charge in [0.25, 0.3) is 0 Å². The molecular weight excluding hydrogens is 228 g/mol. The van der Waals surface area contributed by atoms with Crippen LogP contribution in [-0.4, -0.2) is 13.2 Å². The molecule has 1 heterocycles. The second-order valence-electron chi connectivity index (χ2n) is 4.43. The minimum Gasteiger partial charge on any atom is -0.486 e. The number of hydrazine groups is 1. The molecule has 3 N–H and O–H groups in total. The predicted octanol–water partition coefficient (Wildman–Crippen LogP) is 2.32. The minimum absolute atomic E-state index is 0.0632. The number of nitrogens with one attached hydrogen (secondary N) is 1. The second kappa shape index (κ2) is 5.89. The fourth-order valence-electron chi connectivity index (χ4n) is 1.98. The summed E-state index contributed by atoms with van der Waals surface area (Å²) in [5.74, 6) is 7.21. The lowest BCUT2D eigenvalue weighted by atomic mass is 9.98. The Hall–Kier alpha value is -1.52. The SMILES string of the molecule is C=C(CC)CC(NN)c1ccc2c(c1)OCCO2. The van der Waals surface area contributed by atoms with Crippen LogP contribution in [0.1, 0.15) is 31.4 Å². The molecule has 2 rings (SSSR count). The molecule has 0 bridgehead atoms. The summed E-state index contributed by atoms with van der Waals surface area (Å²) in [4.78, 5) is 0. The quantitative estimate of drug-likeness (QED) is 0.477. The van der Waals surface area contributed by atoms with Gasteiger partial charge in [-0.1, -0.05) is 25.1 Å². The highest BCUT2D eigenvalue weighted by atomic mass is 16.6. The molecule has 1 aliphatic rings. The standard InChI is InChI=1S/C14H20N2O2/c1-3-10(2)8-12(16-15)11-4-5-13-14(9-11)18-7-6-17-13/h4-5,9,12,16H,2-3,6-8,15H2,1H3. The van der Waals surface area contributed by atoms with Gasteiger partial charge in [-0.2, -0.15) is 0 Å². The maximum atomic E-state index is 5.62. The van der Waals surface area contributed by atoms with Gasteiger partial charge in [0.2, 0.25) is 0 Å². The first kappa shape index (κ1) is 12.9. The van der Waals surface area contributed by atoms with Crippen molar-refractivity contribution in [3.8, 4) is 11.5 Å². The summed E-state index contributed by atoms with van der Waals surface area (Å²) in [5, 5.41) is 0. The van der Waals surface area contributed by atoms with Crippen LogP contribution in [-0.2, 0) is 0 Å². The van der Waals surface area contributed by atoms with E-state index in [1.165, 1.54) is 5.57 Å². The highest BCUT2D eigenvalue weighted by Gasteiger charge is 2.16. The molecule has 98 valence electrons. The molecular formula is C14H20N2O2. The van der Waals surface area contributed by atoms with E-state index in [-0.39, 0.29) is 6.04 Å². The molecule has 0 fully saturated rings. The normalized spacial score (nSPS) is 15.2. The van der Waals surface area contributed by atoms with Crippen molar-refractivity contribution >= 4 is 0 Å². The third kappa shape index (κ3) is 2.83. The van der Waals surface area contributed by atoms with Gasteiger partial charge in [-0.05, 0) is 30.5 Å². The predicted molar refractivity (Wildman–Crippen MR) is 71.5 cm³/mol. The van der Waals surface area contributed by atoms with Crippen LogP contribution in [0.2, 0.25) is 0 Å². The Balaban J connectivity index is 2.18. The van der Waals surface area contributed by atoms with E-state index < -0.39 is 0 Å². The van der Waals surface area contributed by atoms with Crippen molar-refractivity contribution in [2.45, 2.75) is 25.8 Å². The number of fused-ring (bicyclic) bond motifs is 1. The van der Waals surface area contributed by atoms with Crippen LogP contribution >= 0.6 is 0 Å². The molecule has 0 saturated heterocycles. The summed E-state index contributed by atoms with van der Waals surface area (Å²) in [6, 6.07) is 6.00. The molecule has 4 heteroatoms. The molecule has 1 atom stereocenters. The zero-order valence-electron chi connectivity index (χ0n) is 10.7. The molecule has 1 aliphatic heterocycles. The molecule has 1 unspecified atom stereocenters. The van der Waals surface area contributed by atoms with Gasteiger partial charge >= 0.3 is 0 Å². The van der Waals surface area contributed by atoms with Gasteiger partial charge in [-0.3, -0.25) is 11.3 Å². The number of benzene rings is 1. The summed E-state index contributed by atoms with van der Waals surface area (Å²) in [6.07, 6.45) is 1.79. The van der Waals surface area contributed by atoms with E-state index in [9.17, 15) is 0 Å². The lowest BCUT2D eigenvalue weighted by molar-refractivity contribution is 0.171. The molecule has 0 aliphatic carbocycles. The number of hydrogen-bond acceptors (Lipinski definition) is 4. The van der Waals surface area contributed by atoms with Crippen LogP contribution in [0.15, 0.2) is 30.4 Å². The highest BCUT2D eigenvalue weighted by molar-refractivity contribution is 5.44. The van der Waals surface area contributed by atoms with Crippen LogP contribution in [0.25, 0.3) is 0 Å². The lowest BCUT2D eigenvalue weighted by Gasteiger charge is -2.22. The van der Waals surface area contributed by atoms with E-state index in [0.717, 1.165) is 29.9 Å². The number of rotatable bonds is 5. The summed E-state index contributed by atoms with van der Waals surface area (Å²) >= 11 is 0. The lowest BCUT2D eigenvalue weighted by Crippen LogP contribution is -2.28. The summed E-state index contributed by atoms with van der Waals surface area (Å²) in [6.45, 7) is 7.32. The zero-order valence-corrected chi connectivity index (χ0v) is 10.7. The smallest absolute Gasteiger partial charge is 0.161 e. The van der Waals surface area contributed by atoms with Crippen molar-refractivity contribution in [2.75, 3.05) is 13.2 Å². The van der Waals surface area contributed by atoms with Crippen molar-refractivity contribution < 1.29 is 9.47 Å². The van der Waals surface area contributed by atoms with E-state index in [2.05, 4.69) is 18.9 Å². The van der Waals surface area contributed by atoms with Crippen LogP contribution < -0.4 is 20.7 Å². The number of nitrogens with two attached hydrogens (primary N) is 1. The van der Waals surface area contributed by atoms with Gasteiger partial charge in [-0.25, -0.2) is 0 Å². The number of hydrogen-bond donors (Lipinski definition) is 2. The largest absolute Gasteiger partial charge is 0.486 e. The molecule has 0 spiro atoms. The number of ether oxygens (including phenoxy) is 2. The van der Waals surface area contributed by atoms with Gasteiger partial charge < -0.3 is 9.47 Å². The maximum Gasteiger partial charge on any atom is 0.161 e. The molecule has 1 aromatic rings. The van der Waals surface area contributed by atoms with Crippen molar-refractivity contribution in [3.63, 3.8) is 0 Å². The molecule has 0 amide bonds. The van der Waals surface area contributed by atoms with E-state index >= 15 is 0 Å². The van der Waals surface area contributed by atoms with Gasteiger partial charge in [0.05, 0.1) is 0 Å². The van der Waals surface area contributed by atoms with Crippen LogP contribution in [0.3, 0.4) is 0 Å². The fourth-order valence-corrected chi connectivity index (χ4v) is 1.98. The first-order chi connectivity index (χ1) is 8.74. The second-order valence-corrected chi connectivity index (χ2v) is 4.43. The van der Waals surface area contributed by atoms with Crippen LogP contribution in [0.4, 0.5) is 0 Å². The highest BCUT2D eigenvalue weighted by Crippen LogP contribution is 2.33. The van der Waals surface area contributed by atoms with Crippen molar-refractivity contribution in [1.29, 1.82) is 0 Å². The third-order valence-corrected chi connectivity index (χ3v) is 3.16. The van der Waals surface area contributed by atoms with Gasteiger partial charge in [0.15, 0.2) is 11.5 Å². The Bertz CT molecular complexity index is 432. The van der Waals surface area contributed by atoms with E-state index in [1.807, 2.05) is 18.2 Å². The molecule has 4 nitrogen and oxygen atoms in total. The van der Waals surface area contributed by atoms with Crippen molar-refractivity contribution in [1.82, 2.24) is 5.43 Å². The summed E-state index contributed by atoms with van der Waals surface area (Å²) in [7, 11) is 0. The Morgan fingerprint density at radius 3 is 2.78 bits per heavy atom. The summed E-state index contributed by atoms with van der Waals surface area (Å²) < 4.78 is 11.1. The Kier molecular flexibility index (Phi) is 4.23. The van der Waals surface area contributed by atoms with Crippen molar-refractivity contribution in [3.05, 3.63) is 35.9 Å². The van der Waals surface area contributed by atoms with Crippen molar-refractivity contribution in [2.24, 2.45) is 5.84 Å². The Morgan fingerprint density at radius 2 is 2.11 bits per heavy atom. The van der Waals surface area contributed by atoms with Crippen LogP contribution in [0, 0.1) is 0 Å². The average Bonchev–Trinajstić information content (AvgIpc) is 2.44. The van der Waals surface area contributed by atoms with E-state index in [0.29, 0.717) is 13.2 Å². The van der Waals surface area contributed by atoms with Gasteiger partial charge in [0, 0.05) is 6.04 Å². The minimum atomic E-state index is 0.0632. The Labute approximate surface area is 108 Å². The zero-order chi connectivity index (χ0) is 13.0. The fraction of sp³-hybridized carbons (Fsp3) is 0.429. The monoisotopic (exact) mass is 248 g/mol. The Morgan fingerprint density at radius 1 is 1.39 bits per heavy atom. The van der Waals surface area contributed by atoms with E-state index in [1.54, 1.807) is 0 Å². The van der Waals surface area contributed by atoms with Gasteiger partial charge in [-0.15, -0.1) is 0 Å².